The van der Waals surface area contributed by atoms with Crippen LogP contribution in [0.2, 0.25) is 0 Å². The van der Waals surface area contributed by atoms with Gasteiger partial charge in [-0.15, -0.1) is 11.3 Å². The summed E-state index contributed by atoms with van der Waals surface area (Å²) in [6.07, 6.45) is 11.7. The third-order valence-electron chi connectivity index (χ3n) is 5.38. The highest BCUT2D eigenvalue weighted by Crippen LogP contribution is 2.40. The van der Waals surface area contributed by atoms with Crippen molar-refractivity contribution in [2.75, 3.05) is 20.1 Å². The average Bonchev–Trinajstić information content (AvgIpc) is 3.22. The lowest BCUT2D eigenvalue weighted by molar-refractivity contribution is 0.276. The second-order valence-electron chi connectivity index (χ2n) is 7.25. The second-order valence-corrected chi connectivity index (χ2v) is 8.34. The normalized spacial score (nSPS) is 30.9. The Labute approximate surface area is 132 Å². The van der Waals surface area contributed by atoms with Gasteiger partial charge in [0.1, 0.15) is 5.01 Å². The van der Waals surface area contributed by atoms with Gasteiger partial charge in [0.25, 0.3) is 0 Å². The van der Waals surface area contributed by atoms with Gasteiger partial charge in [0.05, 0.1) is 11.2 Å². The van der Waals surface area contributed by atoms with Crippen molar-refractivity contribution in [1.82, 2.24) is 15.2 Å². The van der Waals surface area contributed by atoms with Crippen LogP contribution >= 0.6 is 11.3 Å². The monoisotopic (exact) mass is 305 g/mol. The number of nitrogens with one attached hydrogen (secondary N) is 1. The van der Waals surface area contributed by atoms with E-state index >= 15 is 0 Å². The quantitative estimate of drug-likeness (QED) is 0.930. The molecule has 0 spiro atoms. The minimum absolute atomic E-state index is 0.175. The van der Waals surface area contributed by atoms with Crippen LogP contribution in [0.4, 0.5) is 0 Å². The van der Waals surface area contributed by atoms with Crippen molar-refractivity contribution in [3.8, 4) is 0 Å². The summed E-state index contributed by atoms with van der Waals surface area (Å²) >= 11 is 2.03. The minimum atomic E-state index is 0.175. The van der Waals surface area contributed by atoms with Gasteiger partial charge in [-0.1, -0.05) is 0 Å². The summed E-state index contributed by atoms with van der Waals surface area (Å²) < 4.78 is 0. The molecular formula is C17H27N3S. The van der Waals surface area contributed by atoms with Crippen LogP contribution in [0.25, 0.3) is 0 Å². The fourth-order valence-corrected chi connectivity index (χ4v) is 5.22. The van der Waals surface area contributed by atoms with E-state index in [2.05, 4.69) is 17.3 Å². The van der Waals surface area contributed by atoms with Gasteiger partial charge in [-0.3, -0.25) is 0 Å². The Hall–Kier alpha value is -0.450. The molecule has 4 heteroatoms. The fraction of sp³-hybridized carbons (Fsp3) is 0.824. The van der Waals surface area contributed by atoms with E-state index in [4.69, 9.17) is 4.98 Å². The average molecular weight is 305 g/mol. The largest absolute Gasteiger partial charge is 0.306 e. The number of likely N-dealkylation sites (tertiary alicyclic amines) is 1. The van der Waals surface area contributed by atoms with Crippen LogP contribution in [-0.2, 0) is 18.4 Å². The van der Waals surface area contributed by atoms with E-state index in [0.29, 0.717) is 0 Å². The van der Waals surface area contributed by atoms with Crippen LogP contribution in [0.5, 0.6) is 0 Å². The topological polar surface area (TPSA) is 28.2 Å². The van der Waals surface area contributed by atoms with Crippen molar-refractivity contribution in [3.63, 3.8) is 0 Å². The number of rotatable bonds is 3. The van der Waals surface area contributed by atoms with Crippen LogP contribution < -0.4 is 5.32 Å². The molecule has 1 unspecified atom stereocenters. The Morgan fingerprint density at radius 2 is 2.00 bits per heavy atom. The summed E-state index contributed by atoms with van der Waals surface area (Å²) in [5.41, 5.74) is 1.60. The summed E-state index contributed by atoms with van der Waals surface area (Å²) in [7, 11) is 2.26. The lowest BCUT2D eigenvalue weighted by Gasteiger charge is -2.32. The molecule has 0 bridgehead atoms. The number of aryl methyl sites for hydroxylation is 2. The SMILES string of the molecule is CN1CCCC(NC2CC2)(c2nc3c(s2)CCCC3)CC1. The van der Waals surface area contributed by atoms with E-state index in [1.165, 1.54) is 81.6 Å². The molecule has 0 radical (unpaired) electrons. The van der Waals surface area contributed by atoms with Gasteiger partial charge in [0.2, 0.25) is 0 Å². The lowest BCUT2D eigenvalue weighted by atomic mass is 9.90. The van der Waals surface area contributed by atoms with Crippen molar-refractivity contribution in [2.24, 2.45) is 0 Å². The predicted octanol–water partition coefficient (Wildman–Crippen LogP) is 3.08. The molecule has 1 saturated heterocycles. The highest BCUT2D eigenvalue weighted by molar-refractivity contribution is 7.11. The Bertz CT molecular complexity index is 485. The number of aromatic nitrogens is 1. The molecule has 1 saturated carbocycles. The highest BCUT2D eigenvalue weighted by Gasteiger charge is 2.41. The molecule has 3 nitrogen and oxygen atoms in total. The first-order valence-electron chi connectivity index (χ1n) is 8.70. The standard InChI is InChI=1S/C17H27N3S/c1-20-11-4-9-17(10-12-20,19-13-7-8-13)16-18-14-5-2-3-6-15(14)21-16/h13,19H,2-12H2,1H3. The van der Waals surface area contributed by atoms with E-state index in [1.54, 1.807) is 4.88 Å². The van der Waals surface area contributed by atoms with Crippen molar-refractivity contribution < 1.29 is 0 Å². The van der Waals surface area contributed by atoms with E-state index in [-0.39, 0.29) is 5.54 Å². The molecule has 1 atom stereocenters. The minimum Gasteiger partial charge on any atom is -0.306 e. The molecule has 1 N–H and O–H groups in total. The predicted molar refractivity (Wildman–Crippen MR) is 87.9 cm³/mol. The van der Waals surface area contributed by atoms with Crippen LogP contribution in [0, 0.1) is 0 Å². The van der Waals surface area contributed by atoms with Gasteiger partial charge >= 0.3 is 0 Å². The number of thiazole rings is 1. The fourth-order valence-electron chi connectivity index (χ4n) is 3.86. The Kier molecular flexibility index (Phi) is 3.80. The maximum atomic E-state index is 5.13. The van der Waals surface area contributed by atoms with Gasteiger partial charge in [0, 0.05) is 17.5 Å². The lowest BCUT2D eigenvalue weighted by Crippen LogP contribution is -2.44. The molecule has 21 heavy (non-hydrogen) atoms. The van der Waals surface area contributed by atoms with Crippen molar-refractivity contribution >= 4 is 11.3 Å². The summed E-state index contributed by atoms with van der Waals surface area (Å²) in [5, 5.41) is 5.43. The van der Waals surface area contributed by atoms with E-state index in [0.717, 1.165) is 6.04 Å². The third kappa shape index (κ3) is 2.90. The number of nitrogens with zero attached hydrogens (tertiary/aromatic N) is 2. The highest BCUT2D eigenvalue weighted by atomic mass is 32.1. The molecular weight excluding hydrogens is 278 g/mol. The summed E-state index contributed by atoms with van der Waals surface area (Å²) in [5.74, 6) is 0. The van der Waals surface area contributed by atoms with Crippen LogP contribution in [-0.4, -0.2) is 36.1 Å². The van der Waals surface area contributed by atoms with Crippen molar-refractivity contribution in [1.29, 1.82) is 0 Å². The molecule has 2 fully saturated rings. The van der Waals surface area contributed by atoms with Gasteiger partial charge < -0.3 is 10.2 Å². The zero-order valence-corrected chi connectivity index (χ0v) is 14.0. The molecule has 1 aromatic heterocycles. The number of fused-ring (bicyclic) bond motifs is 1. The Morgan fingerprint density at radius 3 is 2.81 bits per heavy atom. The van der Waals surface area contributed by atoms with Gasteiger partial charge in [-0.25, -0.2) is 4.98 Å². The second kappa shape index (κ2) is 5.64. The Balaban J connectivity index is 1.65. The van der Waals surface area contributed by atoms with E-state index < -0.39 is 0 Å². The maximum Gasteiger partial charge on any atom is 0.113 e. The first-order valence-corrected chi connectivity index (χ1v) is 9.52. The van der Waals surface area contributed by atoms with Crippen LogP contribution in [0.1, 0.15) is 60.5 Å². The summed E-state index contributed by atoms with van der Waals surface area (Å²) in [6, 6.07) is 0.759. The van der Waals surface area contributed by atoms with E-state index in [9.17, 15) is 0 Å². The third-order valence-corrected chi connectivity index (χ3v) is 6.74. The molecule has 4 rings (SSSR count). The van der Waals surface area contributed by atoms with Crippen molar-refractivity contribution in [3.05, 3.63) is 15.6 Å². The Morgan fingerprint density at radius 1 is 1.14 bits per heavy atom. The number of hydrogen-bond donors (Lipinski definition) is 1. The molecule has 0 aromatic carbocycles. The molecule has 0 amide bonds. The molecule has 1 aliphatic heterocycles. The van der Waals surface area contributed by atoms with Gasteiger partial charge in [-0.05, 0) is 71.4 Å². The molecule has 1 aromatic rings. The van der Waals surface area contributed by atoms with Crippen LogP contribution in [0.15, 0.2) is 0 Å². The number of hydrogen-bond acceptors (Lipinski definition) is 4. The zero-order valence-electron chi connectivity index (χ0n) is 13.2. The first kappa shape index (κ1) is 14.2. The molecule has 2 heterocycles. The maximum absolute atomic E-state index is 5.13. The van der Waals surface area contributed by atoms with Gasteiger partial charge in [-0.2, -0.15) is 0 Å². The smallest absolute Gasteiger partial charge is 0.113 e. The summed E-state index contributed by atoms with van der Waals surface area (Å²) in [4.78, 5) is 9.21. The summed E-state index contributed by atoms with van der Waals surface area (Å²) in [6.45, 7) is 2.43. The zero-order chi connectivity index (χ0) is 14.3. The molecule has 2 aliphatic carbocycles. The van der Waals surface area contributed by atoms with Crippen LogP contribution in [0.3, 0.4) is 0 Å². The molecule has 116 valence electrons. The molecule has 3 aliphatic rings. The van der Waals surface area contributed by atoms with Gasteiger partial charge in [0.15, 0.2) is 0 Å². The first-order chi connectivity index (χ1) is 10.3. The van der Waals surface area contributed by atoms with E-state index in [1.807, 2.05) is 11.3 Å². The van der Waals surface area contributed by atoms with Crippen molar-refractivity contribution in [2.45, 2.75) is 69.4 Å².